The highest BCUT2D eigenvalue weighted by Crippen LogP contribution is 2.42. The van der Waals surface area contributed by atoms with Gasteiger partial charge in [-0.2, -0.15) is 0 Å². The zero-order valence-electron chi connectivity index (χ0n) is 21.6. The van der Waals surface area contributed by atoms with E-state index in [2.05, 4.69) is 22.1 Å². The maximum Gasteiger partial charge on any atom is 0.321 e. The number of carbonyl (C=O) groups excluding carboxylic acids is 1. The molecule has 0 aliphatic carbocycles. The predicted molar refractivity (Wildman–Crippen MR) is 146 cm³/mol. The number of aromatic nitrogens is 1. The Hall–Kier alpha value is -3.94. The molecule has 39 heavy (non-hydrogen) atoms. The van der Waals surface area contributed by atoms with Crippen molar-refractivity contribution in [2.75, 3.05) is 38.7 Å². The van der Waals surface area contributed by atoms with E-state index < -0.39 is 12.2 Å². The van der Waals surface area contributed by atoms with Gasteiger partial charge in [-0.1, -0.05) is 24.0 Å². The summed E-state index contributed by atoms with van der Waals surface area (Å²) in [5.41, 5.74) is 3.31. The number of anilines is 1. The molecule has 2 fully saturated rings. The molecule has 2 aromatic carbocycles. The lowest BCUT2D eigenvalue weighted by Crippen LogP contribution is -2.71. The number of methoxy groups -OCH3 is 1. The lowest BCUT2D eigenvalue weighted by molar-refractivity contribution is -0.112. The van der Waals surface area contributed by atoms with Crippen LogP contribution in [0.5, 0.6) is 5.75 Å². The number of benzene rings is 2. The van der Waals surface area contributed by atoms with Gasteiger partial charge in [0, 0.05) is 60.3 Å². The third-order valence-electron chi connectivity index (χ3n) is 7.46. The van der Waals surface area contributed by atoms with Crippen molar-refractivity contribution in [1.82, 2.24) is 14.8 Å². The molecule has 0 radical (unpaired) electrons. The minimum absolute atomic E-state index is 0.00707. The average Bonchev–Trinajstić information content (AvgIpc) is 2.96. The van der Waals surface area contributed by atoms with Crippen LogP contribution in [-0.2, 0) is 0 Å². The molecule has 0 saturated carbocycles. The molecular weight excluding hydrogens is 496 g/mol. The highest BCUT2D eigenvalue weighted by molar-refractivity contribution is 5.89. The van der Waals surface area contributed by atoms with E-state index in [0.29, 0.717) is 18.0 Å². The smallest absolute Gasteiger partial charge is 0.321 e. The summed E-state index contributed by atoms with van der Waals surface area (Å²) in [6.07, 6.45) is 1.26. The van der Waals surface area contributed by atoms with Crippen LogP contribution in [0.15, 0.2) is 73.1 Å². The number of carbonyl (C=O) groups is 1. The van der Waals surface area contributed by atoms with Gasteiger partial charge in [-0.25, -0.2) is 4.79 Å². The Balaban J connectivity index is 1.35. The first kappa shape index (κ1) is 26.7. The minimum Gasteiger partial charge on any atom is -0.497 e. The topological polar surface area (TPSA) is 118 Å². The quantitative estimate of drug-likeness (QED) is 0.382. The van der Waals surface area contributed by atoms with Gasteiger partial charge in [0.2, 0.25) is 0 Å². The second-order valence-corrected chi connectivity index (χ2v) is 9.85. The zero-order valence-corrected chi connectivity index (χ0v) is 21.6. The van der Waals surface area contributed by atoms with E-state index >= 15 is 0 Å². The van der Waals surface area contributed by atoms with Crippen molar-refractivity contribution < 1.29 is 24.9 Å². The van der Waals surface area contributed by atoms with Crippen molar-refractivity contribution in [3.63, 3.8) is 0 Å². The number of β-amino-alcohol motifs (C(OH)–C–C–N with tert-alkyl or cyclic N) is 1. The Morgan fingerprint density at radius 3 is 2.38 bits per heavy atom. The van der Waals surface area contributed by atoms with Gasteiger partial charge in [0.25, 0.3) is 0 Å². The summed E-state index contributed by atoms with van der Waals surface area (Å²) in [5, 5.41) is 34.3. The average molecular weight is 529 g/mol. The van der Waals surface area contributed by atoms with Crippen molar-refractivity contribution in [1.29, 1.82) is 0 Å². The van der Waals surface area contributed by atoms with Crippen LogP contribution in [-0.4, -0.2) is 93.8 Å². The molecule has 3 aromatic rings. The van der Waals surface area contributed by atoms with Crippen LogP contribution in [0.2, 0.25) is 0 Å². The molecule has 5 atom stereocenters. The molecule has 9 heteroatoms. The van der Waals surface area contributed by atoms with Crippen molar-refractivity contribution in [2.45, 2.75) is 30.2 Å². The van der Waals surface area contributed by atoms with Crippen LogP contribution >= 0.6 is 0 Å². The molecule has 202 valence electrons. The van der Waals surface area contributed by atoms with Crippen LogP contribution in [0.4, 0.5) is 10.5 Å². The van der Waals surface area contributed by atoms with Crippen LogP contribution in [0.1, 0.15) is 22.6 Å². The number of fused-ring (bicyclic) bond motifs is 1. The first-order valence-corrected chi connectivity index (χ1v) is 12.9. The summed E-state index contributed by atoms with van der Waals surface area (Å²) in [4.78, 5) is 20.8. The summed E-state index contributed by atoms with van der Waals surface area (Å²) in [5.74, 6) is 6.86. The molecule has 0 bridgehead atoms. The second kappa shape index (κ2) is 11.8. The predicted octanol–water partition coefficient (Wildman–Crippen LogP) is 1.89. The number of aliphatic hydroxyl groups is 3. The van der Waals surface area contributed by atoms with Gasteiger partial charge in [-0.05, 0) is 54.1 Å². The molecule has 0 spiro atoms. The SMILES string of the molecule is COc1ccc(NC(=O)N2C[C@@H](O)[C@@H](O)CN3[C@H](CO)C(c4ccc(C#Cc5cccnc5)cc4)[C@@H]3C2)cc1. The largest absolute Gasteiger partial charge is 0.497 e. The van der Waals surface area contributed by atoms with E-state index in [1.165, 1.54) is 4.90 Å². The highest BCUT2D eigenvalue weighted by atomic mass is 16.5. The summed E-state index contributed by atoms with van der Waals surface area (Å²) in [6.45, 7) is 0.434. The van der Waals surface area contributed by atoms with Crippen molar-refractivity contribution in [3.8, 4) is 17.6 Å². The molecule has 9 nitrogen and oxygen atoms in total. The van der Waals surface area contributed by atoms with Gasteiger partial charge in [-0.15, -0.1) is 0 Å². The number of hydrogen-bond acceptors (Lipinski definition) is 7. The number of nitrogens with one attached hydrogen (secondary N) is 1. The number of ether oxygens (including phenoxy) is 1. The lowest BCUT2D eigenvalue weighted by Gasteiger charge is -2.58. The maximum atomic E-state index is 13.2. The molecule has 4 N–H and O–H groups in total. The van der Waals surface area contributed by atoms with Crippen molar-refractivity contribution >= 4 is 11.7 Å². The molecular formula is C30H32N4O5. The Kier molecular flexibility index (Phi) is 8.10. The normalized spacial score (nSPS) is 24.7. The number of nitrogens with zero attached hydrogens (tertiary/aromatic N) is 3. The number of urea groups is 1. The van der Waals surface area contributed by atoms with E-state index in [1.54, 1.807) is 43.8 Å². The standard InChI is InChI=1S/C30H32N4O5/c1-39-24-12-10-23(11-13-24)32-30(38)33-16-25-29(26(19-35)34(25)18-28(37)27(36)17-33)22-8-6-20(7-9-22)4-5-21-3-2-14-31-15-21/h2-3,6-15,25-29,35-37H,16-19H2,1H3,(H,32,38)/t25-,26+,27+,28-,29?/m0/s1. The second-order valence-electron chi connectivity index (χ2n) is 9.85. The first-order chi connectivity index (χ1) is 19.0. The summed E-state index contributed by atoms with van der Waals surface area (Å²) in [6, 6.07) is 17.9. The summed E-state index contributed by atoms with van der Waals surface area (Å²) < 4.78 is 5.18. The number of pyridine rings is 1. The molecule has 1 unspecified atom stereocenters. The van der Waals surface area contributed by atoms with E-state index in [9.17, 15) is 20.1 Å². The van der Waals surface area contributed by atoms with E-state index in [4.69, 9.17) is 4.74 Å². The first-order valence-electron chi connectivity index (χ1n) is 12.9. The lowest BCUT2D eigenvalue weighted by atomic mass is 9.74. The van der Waals surface area contributed by atoms with E-state index in [1.807, 2.05) is 41.3 Å². The van der Waals surface area contributed by atoms with Gasteiger partial charge in [0.05, 0.1) is 32.5 Å². The number of amides is 2. The van der Waals surface area contributed by atoms with E-state index in [-0.39, 0.29) is 43.7 Å². The van der Waals surface area contributed by atoms with Gasteiger partial charge >= 0.3 is 6.03 Å². The molecule has 2 aliphatic rings. The fraction of sp³-hybridized carbons (Fsp3) is 0.333. The van der Waals surface area contributed by atoms with Crippen LogP contribution < -0.4 is 10.1 Å². The number of hydrogen-bond donors (Lipinski definition) is 4. The maximum absolute atomic E-state index is 13.2. The summed E-state index contributed by atoms with van der Waals surface area (Å²) >= 11 is 0. The van der Waals surface area contributed by atoms with Crippen LogP contribution in [0.25, 0.3) is 0 Å². The minimum atomic E-state index is -1.11. The third-order valence-corrected chi connectivity index (χ3v) is 7.46. The molecule has 2 saturated heterocycles. The fourth-order valence-corrected chi connectivity index (χ4v) is 5.36. The number of aliphatic hydroxyl groups excluding tert-OH is 3. The Morgan fingerprint density at radius 1 is 1.00 bits per heavy atom. The molecule has 5 rings (SSSR count). The monoisotopic (exact) mass is 528 g/mol. The van der Waals surface area contributed by atoms with Gasteiger partial charge < -0.3 is 30.3 Å². The van der Waals surface area contributed by atoms with Crippen LogP contribution in [0.3, 0.4) is 0 Å². The van der Waals surface area contributed by atoms with E-state index in [0.717, 1.165) is 16.7 Å². The Labute approximate surface area is 227 Å². The van der Waals surface area contributed by atoms with Crippen LogP contribution in [0, 0.1) is 11.8 Å². The molecule has 1 aromatic heterocycles. The van der Waals surface area contributed by atoms with Crippen molar-refractivity contribution in [2.24, 2.45) is 0 Å². The summed E-state index contributed by atoms with van der Waals surface area (Å²) in [7, 11) is 1.57. The highest BCUT2D eigenvalue weighted by Gasteiger charge is 2.51. The third kappa shape index (κ3) is 5.90. The Bertz CT molecular complexity index is 1320. The fourth-order valence-electron chi connectivity index (χ4n) is 5.36. The van der Waals surface area contributed by atoms with Gasteiger partial charge in [0.1, 0.15) is 5.75 Å². The zero-order chi connectivity index (χ0) is 27.4. The van der Waals surface area contributed by atoms with Gasteiger partial charge in [-0.3, -0.25) is 9.88 Å². The molecule has 2 amide bonds. The van der Waals surface area contributed by atoms with Crippen molar-refractivity contribution in [3.05, 3.63) is 89.7 Å². The molecule has 2 aliphatic heterocycles. The van der Waals surface area contributed by atoms with Gasteiger partial charge in [0.15, 0.2) is 0 Å². The Morgan fingerprint density at radius 2 is 1.72 bits per heavy atom. The number of rotatable bonds is 4. The molecule has 3 heterocycles.